The number of allylic oxidation sites excluding steroid dienone is 1. The van der Waals surface area contributed by atoms with Crippen molar-refractivity contribution < 1.29 is 14.3 Å². The van der Waals surface area contributed by atoms with E-state index in [9.17, 15) is 9.59 Å². The Balaban J connectivity index is 1.51. The van der Waals surface area contributed by atoms with Gasteiger partial charge in [0.1, 0.15) is 10.6 Å². The molecule has 0 radical (unpaired) electrons. The highest BCUT2D eigenvalue weighted by Crippen LogP contribution is 2.36. The van der Waals surface area contributed by atoms with E-state index in [0.717, 1.165) is 28.9 Å². The lowest BCUT2D eigenvalue weighted by molar-refractivity contribution is -0.113. The SMILES string of the molecule is C=CCn1c(SCC(=O)Nc2scc(-c3ccccc3)c2C(=O)OC)nnc1-c1csc(CC)c1. The molecule has 0 aliphatic rings. The van der Waals surface area contributed by atoms with E-state index in [2.05, 4.69) is 40.5 Å². The van der Waals surface area contributed by atoms with Gasteiger partial charge >= 0.3 is 5.97 Å². The minimum Gasteiger partial charge on any atom is -0.465 e. The lowest BCUT2D eigenvalue weighted by Crippen LogP contribution is -2.16. The molecule has 0 spiro atoms. The van der Waals surface area contributed by atoms with Crippen LogP contribution in [0.25, 0.3) is 22.5 Å². The van der Waals surface area contributed by atoms with Crippen molar-refractivity contribution in [2.24, 2.45) is 0 Å². The average molecular weight is 525 g/mol. The van der Waals surface area contributed by atoms with Gasteiger partial charge in [-0.05, 0) is 18.1 Å². The fraction of sp³-hybridized carbons (Fsp3) is 0.200. The van der Waals surface area contributed by atoms with Gasteiger partial charge in [0.05, 0.1) is 12.9 Å². The van der Waals surface area contributed by atoms with Crippen LogP contribution in [0.4, 0.5) is 5.00 Å². The zero-order chi connectivity index (χ0) is 24.8. The number of amides is 1. The minimum atomic E-state index is -0.495. The standard InChI is InChI=1S/C25H24N4O3S3/c1-4-11-29-22(17-12-18(5-2)33-13-17)27-28-25(29)35-15-20(30)26-23-21(24(31)32-3)19(14-34-23)16-9-7-6-8-10-16/h4,6-10,12-14H,1,5,11,15H2,2-3H3,(H,26,30). The van der Waals surface area contributed by atoms with Crippen LogP contribution in [0.2, 0.25) is 0 Å². The molecular weight excluding hydrogens is 501 g/mol. The van der Waals surface area contributed by atoms with E-state index in [0.29, 0.717) is 22.3 Å². The maximum atomic E-state index is 12.8. The lowest BCUT2D eigenvalue weighted by Gasteiger charge is -2.09. The van der Waals surface area contributed by atoms with E-state index < -0.39 is 5.97 Å². The van der Waals surface area contributed by atoms with Crippen molar-refractivity contribution in [2.75, 3.05) is 18.2 Å². The number of aromatic nitrogens is 3. The summed E-state index contributed by atoms with van der Waals surface area (Å²) in [4.78, 5) is 26.6. The van der Waals surface area contributed by atoms with Gasteiger partial charge < -0.3 is 10.1 Å². The normalized spacial score (nSPS) is 10.8. The van der Waals surface area contributed by atoms with Crippen LogP contribution in [-0.4, -0.2) is 39.5 Å². The topological polar surface area (TPSA) is 86.1 Å². The summed E-state index contributed by atoms with van der Waals surface area (Å²) in [5, 5.41) is 16.5. The van der Waals surface area contributed by atoms with Gasteiger partial charge in [-0.15, -0.1) is 39.4 Å². The largest absolute Gasteiger partial charge is 0.465 e. The van der Waals surface area contributed by atoms with Gasteiger partial charge in [-0.1, -0.05) is 55.1 Å². The van der Waals surface area contributed by atoms with Crippen molar-refractivity contribution in [1.29, 1.82) is 0 Å². The number of carbonyl (C=O) groups excluding carboxylic acids is 2. The Morgan fingerprint density at radius 1 is 1.17 bits per heavy atom. The number of thioether (sulfide) groups is 1. The van der Waals surface area contributed by atoms with E-state index in [-0.39, 0.29) is 11.7 Å². The molecule has 0 atom stereocenters. The summed E-state index contributed by atoms with van der Waals surface area (Å²) in [5.74, 6) is 0.117. The Bertz CT molecular complexity index is 1340. The summed E-state index contributed by atoms with van der Waals surface area (Å²) in [6.45, 7) is 6.49. The summed E-state index contributed by atoms with van der Waals surface area (Å²) >= 11 is 4.27. The molecule has 0 unspecified atom stereocenters. The molecule has 7 nitrogen and oxygen atoms in total. The van der Waals surface area contributed by atoms with Gasteiger partial charge in [0.2, 0.25) is 5.91 Å². The summed E-state index contributed by atoms with van der Waals surface area (Å²) < 4.78 is 6.94. The number of hydrogen-bond acceptors (Lipinski definition) is 8. The average Bonchev–Trinajstić information content (AvgIpc) is 3.61. The van der Waals surface area contributed by atoms with Crippen LogP contribution in [0.1, 0.15) is 22.2 Å². The molecule has 35 heavy (non-hydrogen) atoms. The van der Waals surface area contributed by atoms with Crippen molar-refractivity contribution in [3.63, 3.8) is 0 Å². The molecule has 0 bridgehead atoms. The molecule has 1 N–H and O–H groups in total. The molecule has 4 rings (SSSR count). The molecule has 0 aliphatic heterocycles. The number of rotatable bonds is 10. The van der Waals surface area contributed by atoms with E-state index >= 15 is 0 Å². The third-order valence-electron chi connectivity index (χ3n) is 5.14. The first-order chi connectivity index (χ1) is 17.0. The van der Waals surface area contributed by atoms with E-state index in [1.807, 2.05) is 40.3 Å². The van der Waals surface area contributed by atoms with Gasteiger partial charge in [0.25, 0.3) is 0 Å². The molecule has 1 aromatic carbocycles. The fourth-order valence-corrected chi connectivity index (χ4v) is 6.00. The Hall–Kier alpha value is -3.21. The highest BCUT2D eigenvalue weighted by molar-refractivity contribution is 7.99. The zero-order valence-electron chi connectivity index (χ0n) is 19.3. The first kappa shape index (κ1) is 24.9. The fourth-order valence-electron chi connectivity index (χ4n) is 3.46. The number of aryl methyl sites for hydroxylation is 1. The number of esters is 1. The number of nitrogens with zero attached hydrogens (tertiary/aromatic N) is 3. The van der Waals surface area contributed by atoms with Gasteiger partial charge in [0.15, 0.2) is 11.0 Å². The number of hydrogen-bond donors (Lipinski definition) is 1. The van der Waals surface area contributed by atoms with Crippen molar-refractivity contribution in [2.45, 2.75) is 25.0 Å². The van der Waals surface area contributed by atoms with Crippen molar-refractivity contribution >= 4 is 51.3 Å². The Labute approximate surface area is 215 Å². The van der Waals surface area contributed by atoms with Crippen LogP contribution in [0.5, 0.6) is 0 Å². The quantitative estimate of drug-likeness (QED) is 0.156. The molecule has 4 aromatic rings. The lowest BCUT2D eigenvalue weighted by atomic mass is 10.0. The van der Waals surface area contributed by atoms with Crippen LogP contribution >= 0.6 is 34.4 Å². The highest BCUT2D eigenvalue weighted by atomic mass is 32.2. The van der Waals surface area contributed by atoms with Crippen molar-refractivity contribution in [3.05, 3.63) is 70.3 Å². The molecule has 0 aliphatic carbocycles. The molecule has 3 heterocycles. The molecule has 0 saturated carbocycles. The summed E-state index contributed by atoms with van der Waals surface area (Å²) in [5.41, 5.74) is 2.96. The number of carbonyl (C=O) groups is 2. The zero-order valence-corrected chi connectivity index (χ0v) is 21.8. The second kappa shape index (κ2) is 11.5. The predicted molar refractivity (Wildman–Crippen MR) is 143 cm³/mol. The Morgan fingerprint density at radius 2 is 1.97 bits per heavy atom. The number of nitrogens with one attached hydrogen (secondary N) is 1. The summed E-state index contributed by atoms with van der Waals surface area (Å²) in [6, 6.07) is 11.6. The van der Waals surface area contributed by atoms with Crippen LogP contribution in [0.15, 0.2) is 65.0 Å². The predicted octanol–water partition coefficient (Wildman–Crippen LogP) is 6.00. The minimum absolute atomic E-state index is 0.109. The summed E-state index contributed by atoms with van der Waals surface area (Å²) in [6.07, 6.45) is 2.74. The maximum absolute atomic E-state index is 12.8. The summed E-state index contributed by atoms with van der Waals surface area (Å²) in [7, 11) is 1.33. The molecule has 3 aromatic heterocycles. The molecule has 0 fully saturated rings. The molecular formula is C25H24N4O3S3. The van der Waals surface area contributed by atoms with Crippen LogP contribution < -0.4 is 5.32 Å². The first-order valence-electron chi connectivity index (χ1n) is 10.8. The Kier molecular flexibility index (Phi) is 8.17. The van der Waals surface area contributed by atoms with Crippen LogP contribution in [0.3, 0.4) is 0 Å². The molecule has 180 valence electrons. The van der Waals surface area contributed by atoms with Crippen molar-refractivity contribution in [3.8, 4) is 22.5 Å². The van der Waals surface area contributed by atoms with E-state index in [4.69, 9.17) is 4.74 Å². The monoisotopic (exact) mass is 524 g/mol. The Morgan fingerprint density at radius 3 is 2.66 bits per heavy atom. The molecule has 10 heteroatoms. The number of benzene rings is 1. The number of methoxy groups -OCH3 is 1. The number of ether oxygens (including phenoxy) is 1. The maximum Gasteiger partial charge on any atom is 0.341 e. The number of thiophene rings is 2. The smallest absolute Gasteiger partial charge is 0.341 e. The van der Waals surface area contributed by atoms with Crippen LogP contribution in [-0.2, 0) is 22.5 Å². The third-order valence-corrected chi connectivity index (χ3v) is 8.08. The second-order valence-electron chi connectivity index (χ2n) is 7.41. The van der Waals surface area contributed by atoms with E-state index in [1.165, 1.54) is 35.1 Å². The third kappa shape index (κ3) is 5.55. The van der Waals surface area contributed by atoms with Crippen molar-refractivity contribution in [1.82, 2.24) is 14.8 Å². The van der Waals surface area contributed by atoms with Crippen LogP contribution in [0, 0.1) is 0 Å². The van der Waals surface area contributed by atoms with Gasteiger partial charge in [-0.25, -0.2) is 4.79 Å². The number of anilines is 1. The highest BCUT2D eigenvalue weighted by Gasteiger charge is 2.23. The van der Waals surface area contributed by atoms with E-state index in [1.54, 1.807) is 17.4 Å². The van der Waals surface area contributed by atoms with Gasteiger partial charge in [-0.2, -0.15) is 0 Å². The molecule has 0 saturated heterocycles. The van der Waals surface area contributed by atoms with Gasteiger partial charge in [0, 0.05) is 33.3 Å². The second-order valence-corrected chi connectivity index (χ2v) is 10.2. The van der Waals surface area contributed by atoms with Gasteiger partial charge in [-0.3, -0.25) is 9.36 Å². The first-order valence-corrected chi connectivity index (χ1v) is 13.6. The molecule has 1 amide bonds.